The van der Waals surface area contributed by atoms with Crippen LogP contribution in [0.25, 0.3) is 0 Å². The van der Waals surface area contributed by atoms with E-state index >= 15 is 0 Å². The van der Waals surface area contributed by atoms with Gasteiger partial charge in [0.2, 0.25) is 5.91 Å². The van der Waals surface area contributed by atoms with Gasteiger partial charge in [-0.1, -0.05) is 19.1 Å². The van der Waals surface area contributed by atoms with E-state index < -0.39 is 0 Å². The minimum Gasteiger partial charge on any atom is -0.380 e. The highest BCUT2D eigenvalue weighted by molar-refractivity contribution is 5.97. The SMILES string of the molecule is C[C@@H]1Nc2ccccc2NC(=O)[C@H]1C. The number of carbonyl (C=O) groups is 1. The maximum absolute atomic E-state index is 11.6. The lowest BCUT2D eigenvalue weighted by Crippen LogP contribution is -2.30. The fourth-order valence-electron chi connectivity index (χ4n) is 1.56. The van der Waals surface area contributed by atoms with Gasteiger partial charge < -0.3 is 10.6 Å². The van der Waals surface area contributed by atoms with Gasteiger partial charge in [-0.2, -0.15) is 0 Å². The van der Waals surface area contributed by atoms with Crippen LogP contribution in [0.15, 0.2) is 24.3 Å². The van der Waals surface area contributed by atoms with E-state index in [1.807, 2.05) is 38.1 Å². The Morgan fingerprint density at radius 1 is 1.14 bits per heavy atom. The van der Waals surface area contributed by atoms with Gasteiger partial charge in [0.25, 0.3) is 0 Å². The van der Waals surface area contributed by atoms with Crippen LogP contribution in [0.5, 0.6) is 0 Å². The lowest BCUT2D eigenvalue weighted by atomic mass is 10.0. The third kappa shape index (κ3) is 1.45. The van der Waals surface area contributed by atoms with E-state index in [1.165, 1.54) is 0 Å². The molecule has 0 unspecified atom stereocenters. The van der Waals surface area contributed by atoms with Crippen LogP contribution in [0.3, 0.4) is 0 Å². The van der Waals surface area contributed by atoms with Gasteiger partial charge in [0.05, 0.1) is 17.3 Å². The van der Waals surface area contributed by atoms with Gasteiger partial charge >= 0.3 is 0 Å². The smallest absolute Gasteiger partial charge is 0.229 e. The lowest BCUT2D eigenvalue weighted by molar-refractivity contribution is -0.119. The molecule has 2 atom stereocenters. The number of para-hydroxylation sites is 2. The van der Waals surface area contributed by atoms with Crippen molar-refractivity contribution in [3.05, 3.63) is 24.3 Å². The molecular formula is C11H14N2O. The summed E-state index contributed by atoms with van der Waals surface area (Å²) in [5.41, 5.74) is 1.87. The standard InChI is InChI=1S/C11H14N2O/c1-7-8(2)12-9-5-3-4-6-10(9)13-11(7)14/h3-8,12H,1-2H3,(H,13,14)/t7-,8-/m0/s1. The number of hydrogen-bond acceptors (Lipinski definition) is 2. The Morgan fingerprint density at radius 2 is 1.79 bits per heavy atom. The van der Waals surface area contributed by atoms with Crippen LogP contribution < -0.4 is 10.6 Å². The number of amides is 1. The number of rotatable bonds is 0. The molecule has 0 saturated heterocycles. The van der Waals surface area contributed by atoms with Crippen molar-refractivity contribution in [2.45, 2.75) is 19.9 Å². The van der Waals surface area contributed by atoms with Gasteiger partial charge in [0.1, 0.15) is 0 Å². The zero-order valence-electron chi connectivity index (χ0n) is 8.37. The molecule has 1 aromatic rings. The van der Waals surface area contributed by atoms with Crippen LogP contribution >= 0.6 is 0 Å². The first-order valence-electron chi connectivity index (χ1n) is 4.85. The topological polar surface area (TPSA) is 41.1 Å². The number of fused-ring (bicyclic) bond motifs is 1. The second-order valence-corrected chi connectivity index (χ2v) is 3.76. The van der Waals surface area contributed by atoms with E-state index in [0.29, 0.717) is 0 Å². The third-order valence-corrected chi connectivity index (χ3v) is 2.73. The average molecular weight is 190 g/mol. The first-order valence-corrected chi connectivity index (χ1v) is 4.85. The number of carbonyl (C=O) groups excluding carboxylic acids is 1. The Morgan fingerprint density at radius 3 is 2.50 bits per heavy atom. The van der Waals surface area contributed by atoms with E-state index in [4.69, 9.17) is 0 Å². The Hall–Kier alpha value is -1.51. The molecule has 74 valence electrons. The van der Waals surface area contributed by atoms with Crippen molar-refractivity contribution in [1.29, 1.82) is 0 Å². The minimum atomic E-state index is -0.0117. The molecular weight excluding hydrogens is 176 g/mol. The van der Waals surface area contributed by atoms with Gasteiger partial charge in [0, 0.05) is 6.04 Å². The summed E-state index contributed by atoms with van der Waals surface area (Å²) < 4.78 is 0. The molecule has 3 nitrogen and oxygen atoms in total. The van der Waals surface area contributed by atoms with Crippen LogP contribution in [-0.2, 0) is 4.79 Å². The Balaban J connectivity index is 2.39. The van der Waals surface area contributed by atoms with Crippen molar-refractivity contribution in [3.8, 4) is 0 Å². The molecule has 0 spiro atoms. The van der Waals surface area contributed by atoms with Crippen LogP contribution in [0.2, 0.25) is 0 Å². The van der Waals surface area contributed by atoms with E-state index in [1.54, 1.807) is 0 Å². The summed E-state index contributed by atoms with van der Waals surface area (Å²) in [7, 11) is 0. The van der Waals surface area contributed by atoms with E-state index in [0.717, 1.165) is 11.4 Å². The normalized spacial score (nSPS) is 25.7. The van der Waals surface area contributed by atoms with Crippen LogP contribution in [0, 0.1) is 5.92 Å². The zero-order chi connectivity index (χ0) is 10.1. The summed E-state index contributed by atoms with van der Waals surface area (Å²) >= 11 is 0. The largest absolute Gasteiger partial charge is 0.380 e. The molecule has 1 aromatic carbocycles. The number of nitrogens with one attached hydrogen (secondary N) is 2. The average Bonchev–Trinajstić information content (AvgIpc) is 2.28. The Bertz CT molecular complexity index is 362. The molecule has 1 aliphatic rings. The van der Waals surface area contributed by atoms with Gasteiger partial charge in [-0.25, -0.2) is 0 Å². The van der Waals surface area contributed by atoms with Crippen molar-refractivity contribution < 1.29 is 4.79 Å². The molecule has 1 aliphatic heterocycles. The predicted octanol–water partition coefficient (Wildman–Crippen LogP) is 2.08. The summed E-state index contributed by atoms with van der Waals surface area (Å²) in [6, 6.07) is 7.93. The first-order chi connectivity index (χ1) is 6.68. The number of anilines is 2. The molecule has 0 radical (unpaired) electrons. The molecule has 2 N–H and O–H groups in total. The summed E-state index contributed by atoms with van der Waals surface area (Å²) in [6.45, 7) is 3.95. The molecule has 0 saturated carbocycles. The Labute approximate surface area is 83.5 Å². The van der Waals surface area contributed by atoms with E-state index in [9.17, 15) is 4.79 Å². The highest BCUT2D eigenvalue weighted by Crippen LogP contribution is 2.27. The molecule has 0 aliphatic carbocycles. The lowest BCUT2D eigenvalue weighted by Gasteiger charge is -2.16. The van der Waals surface area contributed by atoms with Gasteiger partial charge in [0.15, 0.2) is 0 Å². The first kappa shape index (κ1) is 9.06. The molecule has 0 bridgehead atoms. The monoisotopic (exact) mass is 190 g/mol. The fourth-order valence-corrected chi connectivity index (χ4v) is 1.56. The Kier molecular flexibility index (Phi) is 2.15. The van der Waals surface area contributed by atoms with Crippen molar-refractivity contribution in [2.24, 2.45) is 5.92 Å². The number of hydrogen-bond donors (Lipinski definition) is 2. The predicted molar refractivity (Wildman–Crippen MR) is 57.3 cm³/mol. The van der Waals surface area contributed by atoms with Crippen LogP contribution in [-0.4, -0.2) is 11.9 Å². The molecule has 0 fully saturated rings. The quantitative estimate of drug-likeness (QED) is 0.657. The minimum absolute atomic E-state index is 0.0117. The van der Waals surface area contributed by atoms with Gasteiger partial charge in [-0.3, -0.25) is 4.79 Å². The highest BCUT2D eigenvalue weighted by Gasteiger charge is 2.24. The maximum atomic E-state index is 11.6. The van der Waals surface area contributed by atoms with Crippen LogP contribution in [0.4, 0.5) is 11.4 Å². The van der Waals surface area contributed by atoms with E-state index in [-0.39, 0.29) is 17.9 Å². The van der Waals surface area contributed by atoms with Crippen molar-refractivity contribution >= 4 is 17.3 Å². The second kappa shape index (κ2) is 3.33. The fraction of sp³-hybridized carbons (Fsp3) is 0.364. The molecule has 1 amide bonds. The molecule has 0 aromatic heterocycles. The number of benzene rings is 1. The van der Waals surface area contributed by atoms with Crippen LogP contribution in [0.1, 0.15) is 13.8 Å². The zero-order valence-corrected chi connectivity index (χ0v) is 8.37. The molecule has 14 heavy (non-hydrogen) atoms. The summed E-state index contributed by atoms with van der Waals surface area (Å²) in [5.74, 6) is 0.0670. The van der Waals surface area contributed by atoms with Gasteiger partial charge in [-0.15, -0.1) is 0 Å². The van der Waals surface area contributed by atoms with Crippen molar-refractivity contribution in [2.75, 3.05) is 10.6 Å². The van der Waals surface area contributed by atoms with Gasteiger partial charge in [-0.05, 0) is 19.1 Å². The summed E-state index contributed by atoms with van der Waals surface area (Å²) in [6.07, 6.45) is 0. The third-order valence-electron chi connectivity index (χ3n) is 2.73. The highest BCUT2D eigenvalue weighted by atomic mass is 16.1. The summed E-state index contributed by atoms with van der Waals surface area (Å²) in [4.78, 5) is 11.6. The van der Waals surface area contributed by atoms with Crippen molar-refractivity contribution in [3.63, 3.8) is 0 Å². The second-order valence-electron chi connectivity index (χ2n) is 3.76. The molecule has 1 heterocycles. The molecule has 3 heteroatoms. The molecule has 2 rings (SSSR count). The maximum Gasteiger partial charge on any atom is 0.229 e. The van der Waals surface area contributed by atoms with E-state index in [2.05, 4.69) is 10.6 Å². The summed E-state index contributed by atoms with van der Waals surface area (Å²) in [5, 5.41) is 6.22. The van der Waals surface area contributed by atoms with Crippen molar-refractivity contribution in [1.82, 2.24) is 0 Å².